The van der Waals surface area contributed by atoms with E-state index < -0.39 is 0 Å². The highest BCUT2D eigenvalue weighted by atomic mass is 35.5. The maximum atomic E-state index is 6.37. The molecule has 0 aliphatic carbocycles. The number of benzene rings is 1. The lowest BCUT2D eigenvalue weighted by atomic mass is 9.91. The van der Waals surface area contributed by atoms with Gasteiger partial charge in [-0.25, -0.2) is 0 Å². The van der Waals surface area contributed by atoms with Gasteiger partial charge in [0, 0.05) is 11.6 Å². The zero-order chi connectivity index (χ0) is 15.0. The van der Waals surface area contributed by atoms with Gasteiger partial charge in [-0.2, -0.15) is 0 Å². The molecule has 1 aromatic rings. The Morgan fingerprint density at radius 2 is 1.65 bits per heavy atom. The Morgan fingerprint density at radius 1 is 0.950 bits per heavy atom. The zero-order valence-electron chi connectivity index (χ0n) is 13.5. The minimum Gasteiger partial charge on any atom is -0.316 e. The van der Waals surface area contributed by atoms with Crippen molar-refractivity contribution in [2.45, 2.75) is 52.9 Å². The molecule has 0 aliphatic rings. The van der Waals surface area contributed by atoms with Crippen LogP contribution in [0.4, 0.5) is 0 Å². The van der Waals surface area contributed by atoms with Crippen LogP contribution in [0.25, 0.3) is 0 Å². The standard InChI is InChI=1S/C18H30ClN/c1-14(2)8-7-9-16(13-20-12-15(3)4)17-10-5-6-11-18(17)19/h5-6,10-11,14-16,20H,7-9,12-13H2,1-4H3. The van der Waals surface area contributed by atoms with Gasteiger partial charge in [0.15, 0.2) is 0 Å². The second-order valence-electron chi connectivity index (χ2n) is 6.60. The van der Waals surface area contributed by atoms with Gasteiger partial charge in [-0.1, -0.05) is 70.3 Å². The first kappa shape index (κ1) is 17.5. The van der Waals surface area contributed by atoms with Crippen LogP contribution < -0.4 is 5.32 Å². The molecule has 1 nitrogen and oxygen atoms in total. The van der Waals surface area contributed by atoms with Gasteiger partial charge in [0.25, 0.3) is 0 Å². The Hall–Kier alpha value is -0.530. The van der Waals surface area contributed by atoms with Crippen molar-refractivity contribution in [3.63, 3.8) is 0 Å². The molecule has 0 fully saturated rings. The van der Waals surface area contributed by atoms with Crippen LogP contribution >= 0.6 is 11.6 Å². The topological polar surface area (TPSA) is 12.0 Å². The molecule has 2 heteroatoms. The Morgan fingerprint density at radius 3 is 2.25 bits per heavy atom. The predicted octanol–water partition coefficient (Wildman–Crippen LogP) is 5.50. The Kier molecular flexibility index (Phi) is 8.25. The maximum absolute atomic E-state index is 6.37. The summed E-state index contributed by atoms with van der Waals surface area (Å²) in [5, 5.41) is 4.50. The fourth-order valence-electron chi connectivity index (χ4n) is 2.49. The molecule has 0 aliphatic heterocycles. The van der Waals surface area contributed by atoms with E-state index in [-0.39, 0.29) is 0 Å². The summed E-state index contributed by atoms with van der Waals surface area (Å²) in [6.45, 7) is 11.2. The summed E-state index contributed by atoms with van der Waals surface area (Å²) in [6, 6.07) is 8.30. The van der Waals surface area contributed by atoms with Gasteiger partial charge < -0.3 is 5.32 Å². The molecule has 0 bridgehead atoms. The van der Waals surface area contributed by atoms with Gasteiger partial charge in [0.1, 0.15) is 0 Å². The normalized spacial score (nSPS) is 13.2. The first-order valence-corrected chi connectivity index (χ1v) is 8.33. The molecule has 1 atom stereocenters. The van der Waals surface area contributed by atoms with Crippen LogP contribution in [0.15, 0.2) is 24.3 Å². The van der Waals surface area contributed by atoms with Gasteiger partial charge in [-0.05, 0) is 42.3 Å². The highest BCUT2D eigenvalue weighted by molar-refractivity contribution is 6.31. The maximum Gasteiger partial charge on any atom is 0.0441 e. The van der Waals surface area contributed by atoms with E-state index in [2.05, 4.69) is 45.1 Å². The summed E-state index contributed by atoms with van der Waals surface area (Å²) in [4.78, 5) is 0. The van der Waals surface area contributed by atoms with Gasteiger partial charge in [0.2, 0.25) is 0 Å². The van der Waals surface area contributed by atoms with Crippen LogP contribution in [0, 0.1) is 11.8 Å². The highest BCUT2D eigenvalue weighted by Gasteiger charge is 2.14. The largest absolute Gasteiger partial charge is 0.316 e. The molecule has 0 amide bonds. The van der Waals surface area contributed by atoms with Crippen molar-refractivity contribution in [2.24, 2.45) is 11.8 Å². The first-order chi connectivity index (χ1) is 9.50. The van der Waals surface area contributed by atoms with E-state index in [0.717, 1.165) is 24.0 Å². The van der Waals surface area contributed by atoms with Crippen LogP contribution in [0.2, 0.25) is 5.02 Å². The van der Waals surface area contributed by atoms with Crippen LogP contribution in [-0.4, -0.2) is 13.1 Å². The van der Waals surface area contributed by atoms with Crippen LogP contribution in [0.5, 0.6) is 0 Å². The minimum absolute atomic E-state index is 0.529. The van der Waals surface area contributed by atoms with Crippen LogP contribution in [-0.2, 0) is 0 Å². The number of halogens is 1. The van der Waals surface area contributed by atoms with Crippen molar-refractivity contribution in [2.75, 3.05) is 13.1 Å². The summed E-state index contributed by atoms with van der Waals surface area (Å²) in [7, 11) is 0. The van der Waals surface area contributed by atoms with E-state index in [0.29, 0.717) is 11.8 Å². The molecule has 114 valence electrons. The molecule has 0 heterocycles. The number of hydrogen-bond acceptors (Lipinski definition) is 1. The van der Waals surface area contributed by atoms with Crippen molar-refractivity contribution in [1.82, 2.24) is 5.32 Å². The third kappa shape index (κ3) is 6.76. The lowest BCUT2D eigenvalue weighted by Gasteiger charge is -2.20. The SMILES string of the molecule is CC(C)CCCC(CNCC(C)C)c1ccccc1Cl. The number of nitrogens with one attached hydrogen (secondary N) is 1. The van der Waals surface area contributed by atoms with Crippen molar-refractivity contribution < 1.29 is 0 Å². The summed E-state index contributed by atoms with van der Waals surface area (Å²) < 4.78 is 0. The predicted molar refractivity (Wildman–Crippen MR) is 90.6 cm³/mol. The average molecular weight is 296 g/mol. The van der Waals surface area contributed by atoms with E-state index in [1.807, 2.05) is 12.1 Å². The Balaban J connectivity index is 2.61. The van der Waals surface area contributed by atoms with Crippen molar-refractivity contribution in [3.8, 4) is 0 Å². The fraction of sp³-hybridized carbons (Fsp3) is 0.667. The highest BCUT2D eigenvalue weighted by Crippen LogP contribution is 2.28. The second-order valence-corrected chi connectivity index (χ2v) is 7.00. The molecule has 0 saturated carbocycles. The van der Waals surface area contributed by atoms with Crippen molar-refractivity contribution in [3.05, 3.63) is 34.9 Å². The smallest absolute Gasteiger partial charge is 0.0441 e. The van der Waals surface area contributed by atoms with E-state index in [4.69, 9.17) is 11.6 Å². The van der Waals surface area contributed by atoms with Gasteiger partial charge in [-0.15, -0.1) is 0 Å². The van der Waals surface area contributed by atoms with Crippen LogP contribution in [0.3, 0.4) is 0 Å². The molecule has 0 aromatic heterocycles. The third-order valence-corrected chi connectivity index (χ3v) is 3.97. The van der Waals surface area contributed by atoms with E-state index >= 15 is 0 Å². The van der Waals surface area contributed by atoms with Crippen molar-refractivity contribution >= 4 is 11.6 Å². The van der Waals surface area contributed by atoms with E-state index in [9.17, 15) is 0 Å². The monoisotopic (exact) mass is 295 g/mol. The van der Waals surface area contributed by atoms with Gasteiger partial charge >= 0.3 is 0 Å². The molecular formula is C18H30ClN. The molecule has 0 radical (unpaired) electrons. The molecule has 20 heavy (non-hydrogen) atoms. The third-order valence-electron chi connectivity index (χ3n) is 3.62. The summed E-state index contributed by atoms with van der Waals surface area (Å²) >= 11 is 6.37. The lowest BCUT2D eigenvalue weighted by Crippen LogP contribution is -2.25. The molecule has 1 N–H and O–H groups in total. The van der Waals surface area contributed by atoms with E-state index in [1.165, 1.54) is 24.8 Å². The summed E-state index contributed by atoms with van der Waals surface area (Å²) in [6.07, 6.45) is 3.79. The number of hydrogen-bond donors (Lipinski definition) is 1. The zero-order valence-corrected chi connectivity index (χ0v) is 14.2. The molecule has 0 saturated heterocycles. The molecule has 1 aromatic carbocycles. The minimum atomic E-state index is 0.529. The second kappa shape index (κ2) is 9.41. The molecule has 0 spiro atoms. The number of rotatable bonds is 9. The lowest BCUT2D eigenvalue weighted by molar-refractivity contribution is 0.463. The van der Waals surface area contributed by atoms with Crippen LogP contribution in [0.1, 0.15) is 58.4 Å². The first-order valence-electron chi connectivity index (χ1n) is 7.95. The Bertz CT molecular complexity index is 359. The van der Waals surface area contributed by atoms with Crippen molar-refractivity contribution in [1.29, 1.82) is 0 Å². The quantitative estimate of drug-likeness (QED) is 0.634. The average Bonchev–Trinajstić information content (AvgIpc) is 2.37. The fourth-order valence-corrected chi connectivity index (χ4v) is 2.78. The molecule has 1 rings (SSSR count). The van der Waals surface area contributed by atoms with Gasteiger partial charge in [0.05, 0.1) is 0 Å². The van der Waals surface area contributed by atoms with E-state index in [1.54, 1.807) is 0 Å². The summed E-state index contributed by atoms with van der Waals surface area (Å²) in [5.74, 6) is 2.00. The Labute approximate surface area is 130 Å². The summed E-state index contributed by atoms with van der Waals surface area (Å²) in [5.41, 5.74) is 1.30. The van der Waals surface area contributed by atoms with Gasteiger partial charge in [-0.3, -0.25) is 0 Å². The molecular weight excluding hydrogens is 266 g/mol. The molecule has 1 unspecified atom stereocenters.